The van der Waals surface area contributed by atoms with Gasteiger partial charge in [-0.25, -0.2) is 9.97 Å². The molecule has 2 N–H and O–H groups in total. The third-order valence-corrected chi connectivity index (χ3v) is 4.79. The summed E-state index contributed by atoms with van der Waals surface area (Å²) in [5, 5.41) is 0.647. The van der Waals surface area contributed by atoms with Gasteiger partial charge < -0.3 is 9.97 Å². The molecule has 0 saturated carbocycles. The molecule has 6 heteroatoms. The molecule has 0 aliphatic heterocycles. The van der Waals surface area contributed by atoms with Gasteiger partial charge in [0.2, 0.25) is 0 Å². The lowest BCUT2D eigenvalue weighted by Gasteiger charge is -1.93. The van der Waals surface area contributed by atoms with E-state index in [2.05, 4.69) is 26.0 Å². The van der Waals surface area contributed by atoms with Crippen LogP contribution in [0.15, 0.2) is 29.3 Å². The number of aromatic amines is 2. The molecule has 0 aliphatic rings. The number of aromatic nitrogens is 4. The maximum atomic E-state index is 11.9. The fourth-order valence-electron chi connectivity index (χ4n) is 2.54. The molecule has 5 nitrogen and oxygen atoms in total. The standard InChI is InChI=1S/C15H12N4OS/c1-7-3-4-9-10(5-7)19-13(18-9)12-8(2)11-14(20)16-6-17-15(11)21-12/h3-6H,1-2H3,(H,18,19)(H,16,17,20). The highest BCUT2D eigenvalue weighted by atomic mass is 32.1. The number of nitrogens with zero attached hydrogens (tertiary/aromatic N) is 2. The number of hydrogen-bond donors (Lipinski definition) is 2. The van der Waals surface area contributed by atoms with Gasteiger partial charge in [0, 0.05) is 0 Å². The molecule has 0 amide bonds. The van der Waals surface area contributed by atoms with Gasteiger partial charge >= 0.3 is 0 Å². The summed E-state index contributed by atoms with van der Waals surface area (Å²) in [6.45, 7) is 3.98. The van der Waals surface area contributed by atoms with E-state index in [9.17, 15) is 4.79 Å². The van der Waals surface area contributed by atoms with E-state index in [4.69, 9.17) is 0 Å². The van der Waals surface area contributed by atoms with Crippen molar-refractivity contribution >= 4 is 32.6 Å². The van der Waals surface area contributed by atoms with Gasteiger partial charge in [-0.05, 0) is 37.1 Å². The van der Waals surface area contributed by atoms with Crippen LogP contribution in [0.4, 0.5) is 0 Å². The first-order chi connectivity index (χ1) is 10.1. The third-order valence-electron chi connectivity index (χ3n) is 3.59. The van der Waals surface area contributed by atoms with Gasteiger partial charge in [0.25, 0.3) is 5.56 Å². The van der Waals surface area contributed by atoms with Crippen molar-refractivity contribution in [1.29, 1.82) is 0 Å². The second-order valence-corrected chi connectivity index (χ2v) is 6.07. The second kappa shape index (κ2) is 4.26. The second-order valence-electron chi connectivity index (χ2n) is 5.07. The van der Waals surface area contributed by atoms with E-state index in [0.29, 0.717) is 5.39 Å². The van der Waals surface area contributed by atoms with Crippen LogP contribution in [-0.2, 0) is 0 Å². The summed E-state index contributed by atoms with van der Waals surface area (Å²) in [5.41, 5.74) is 3.93. The predicted octanol–water partition coefficient (Wildman–Crippen LogP) is 3.14. The highest BCUT2D eigenvalue weighted by molar-refractivity contribution is 7.22. The first-order valence-corrected chi connectivity index (χ1v) is 7.38. The lowest BCUT2D eigenvalue weighted by atomic mass is 10.2. The van der Waals surface area contributed by atoms with Gasteiger partial charge in [-0.2, -0.15) is 0 Å². The molecule has 0 fully saturated rings. The van der Waals surface area contributed by atoms with Crippen LogP contribution in [-0.4, -0.2) is 19.9 Å². The number of H-pyrrole nitrogens is 2. The first kappa shape index (κ1) is 12.3. The molecule has 4 rings (SSSR count). The Kier molecular flexibility index (Phi) is 2.49. The van der Waals surface area contributed by atoms with E-state index < -0.39 is 0 Å². The highest BCUT2D eigenvalue weighted by Gasteiger charge is 2.16. The smallest absolute Gasteiger partial charge is 0.259 e. The number of benzene rings is 1. The molecule has 0 saturated heterocycles. The van der Waals surface area contributed by atoms with Gasteiger partial charge in [-0.15, -0.1) is 11.3 Å². The molecule has 0 spiro atoms. The van der Waals surface area contributed by atoms with Crippen molar-refractivity contribution in [2.45, 2.75) is 13.8 Å². The Morgan fingerprint density at radius 3 is 2.90 bits per heavy atom. The Hall–Kier alpha value is -2.47. The molecular formula is C15H12N4OS. The van der Waals surface area contributed by atoms with E-state index in [1.165, 1.54) is 23.2 Å². The summed E-state index contributed by atoms with van der Waals surface area (Å²) in [6.07, 6.45) is 1.44. The molecule has 21 heavy (non-hydrogen) atoms. The maximum absolute atomic E-state index is 11.9. The number of fused-ring (bicyclic) bond motifs is 2. The quantitative estimate of drug-likeness (QED) is 0.566. The van der Waals surface area contributed by atoms with E-state index in [0.717, 1.165) is 32.1 Å². The summed E-state index contributed by atoms with van der Waals surface area (Å²) >= 11 is 1.49. The molecule has 3 aromatic heterocycles. The summed E-state index contributed by atoms with van der Waals surface area (Å²) in [6, 6.07) is 6.11. The van der Waals surface area contributed by atoms with Crippen LogP contribution in [0.2, 0.25) is 0 Å². The molecular weight excluding hydrogens is 284 g/mol. The Morgan fingerprint density at radius 2 is 2.10 bits per heavy atom. The van der Waals surface area contributed by atoms with Crippen LogP contribution >= 0.6 is 11.3 Å². The van der Waals surface area contributed by atoms with Crippen molar-refractivity contribution < 1.29 is 0 Å². The van der Waals surface area contributed by atoms with Crippen molar-refractivity contribution in [3.05, 3.63) is 46.0 Å². The third kappa shape index (κ3) is 1.80. The van der Waals surface area contributed by atoms with Crippen LogP contribution in [0, 0.1) is 13.8 Å². The molecule has 0 bridgehead atoms. The zero-order valence-electron chi connectivity index (χ0n) is 11.5. The van der Waals surface area contributed by atoms with E-state index in [1.54, 1.807) is 0 Å². The molecule has 3 heterocycles. The number of nitrogens with one attached hydrogen (secondary N) is 2. The van der Waals surface area contributed by atoms with Crippen molar-refractivity contribution in [3.8, 4) is 10.7 Å². The maximum Gasteiger partial charge on any atom is 0.259 e. The van der Waals surface area contributed by atoms with Crippen LogP contribution in [0.1, 0.15) is 11.1 Å². The van der Waals surface area contributed by atoms with Crippen molar-refractivity contribution in [2.75, 3.05) is 0 Å². The topological polar surface area (TPSA) is 74.4 Å². The lowest BCUT2D eigenvalue weighted by Crippen LogP contribution is -2.05. The fourth-order valence-corrected chi connectivity index (χ4v) is 3.63. The van der Waals surface area contributed by atoms with Gasteiger partial charge in [0.15, 0.2) is 0 Å². The number of aryl methyl sites for hydroxylation is 2. The summed E-state index contributed by atoms with van der Waals surface area (Å²) in [4.78, 5) is 28.5. The normalized spacial score (nSPS) is 11.5. The van der Waals surface area contributed by atoms with E-state index in [1.807, 2.05) is 26.0 Å². The van der Waals surface area contributed by atoms with Crippen LogP contribution in [0.25, 0.3) is 32.0 Å². The lowest BCUT2D eigenvalue weighted by molar-refractivity contribution is 1.18. The monoisotopic (exact) mass is 296 g/mol. The predicted molar refractivity (Wildman–Crippen MR) is 84.8 cm³/mol. The summed E-state index contributed by atoms with van der Waals surface area (Å²) in [7, 11) is 0. The molecule has 4 aromatic rings. The number of rotatable bonds is 1. The average molecular weight is 296 g/mol. The van der Waals surface area contributed by atoms with Crippen molar-refractivity contribution in [1.82, 2.24) is 19.9 Å². The van der Waals surface area contributed by atoms with Crippen molar-refractivity contribution in [2.24, 2.45) is 0 Å². The Morgan fingerprint density at radius 1 is 1.24 bits per heavy atom. The number of imidazole rings is 1. The van der Waals surface area contributed by atoms with Gasteiger partial charge in [-0.1, -0.05) is 6.07 Å². The zero-order valence-corrected chi connectivity index (χ0v) is 12.3. The Labute approximate surface area is 123 Å². The highest BCUT2D eigenvalue weighted by Crippen LogP contribution is 2.34. The van der Waals surface area contributed by atoms with Gasteiger partial charge in [0.05, 0.1) is 27.6 Å². The molecule has 104 valence electrons. The molecule has 0 radical (unpaired) electrons. The molecule has 1 aromatic carbocycles. The first-order valence-electron chi connectivity index (χ1n) is 6.57. The zero-order chi connectivity index (χ0) is 14.6. The number of thiophene rings is 1. The SMILES string of the molecule is Cc1ccc2nc(-c3sc4nc[nH]c(=O)c4c3C)[nH]c2c1. The van der Waals surface area contributed by atoms with E-state index in [-0.39, 0.29) is 5.56 Å². The largest absolute Gasteiger partial charge is 0.337 e. The minimum Gasteiger partial charge on any atom is -0.337 e. The Bertz CT molecular complexity index is 1040. The summed E-state index contributed by atoms with van der Waals surface area (Å²) in [5.74, 6) is 0.788. The number of hydrogen-bond acceptors (Lipinski definition) is 4. The van der Waals surface area contributed by atoms with Gasteiger partial charge in [0.1, 0.15) is 10.7 Å². The van der Waals surface area contributed by atoms with Crippen LogP contribution < -0.4 is 5.56 Å². The molecule has 0 unspecified atom stereocenters. The van der Waals surface area contributed by atoms with Gasteiger partial charge in [-0.3, -0.25) is 4.79 Å². The minimum atomic E-state index is -0.105. The van der Waals surface area contributed by atoms with E-state index >= 15 is 0 Å². The summed E-state index contributed by atoms with van der Waals surface area (Å²) < 4.78 is 0. The molecule has 0 aliphatic carbocycles. The van der Waals surface area contributed by atoms with Crippen molar-refractivity contribution in [3.63, 3.8) is 0 Å². The van der Waals surface area contributed by atoms with Crippen LogP contribution in [0.5, 0.6) is 0 Å². The minimum absolute atomic E-state index is 0.105. The average Bonchev–Trinajstić information content (AvgIpc) is 3.00. The Balaban J connectivity index is 2.02. The fraction of sp³-hybridized carbons (Fsp3) is 0.133. The van der Waals surface area contributed by atoms with Crippen LogP contribution in [0.3, 0.4) is 0 Å². The molecule has 0 atom stereocenters.